The van der Waals surface area contributed by atoms with Crippen LogP contribution in [0.4, 0.5) is 20.4 Å². The molecule has 6 fully saturated rings. The van der Waals surface area contributed by atoms with Crippen LogP contribution in [0.2, 0.25) is 0 Å². The summed E-state index contributed by atoms with van der Waals surface area (Å²) in [5.41, 5.74) is -2.99. The number of hydrogen-bond donors (Lipinski definition) is 24. The van der Waals surface area contributed by atoms with Gasteiger partial charge in [-0.25, -0.2) is 82.7 Å². The number of hydrogen-bond acceptors (Lipinski definition) is 42. The van der Waals surface area contributed by atoms with Gasteiger partial charge in [-0.3, -0.25) is 55.9 Å². The monoisotopic (exact) mass is 2180 g/mol. The van der Waals surface area contributed by atoms with E-state index in [1.807, 2.05) is 9.97 Å². The molecule has 8 heterocycles. The minimum absolute atomic E-state index is 0.0722. The molecular weight excluding hydrogens is 2110 g/mol. The maximum atomic E-state index is 14.5. The number of alkyl halides is 6. The van der Waals surface area contributed by atoms with Crippen LogP contribution in [-0.4, -0.2) is 244 Å². The molecule has 4 aromatic heterocycles. The molecule has 10 unspecified atom stereocenters. The second-order valence-electron chi connectivity index (χ2n) is 26.8. The molecule has 2 saturated carbocycles. The Morgan fingerprint density at radius 3 is 0.867 bits per heavy atom. The van der Waals surface area contributed by atoms with E-state index in [0.717, 1.165) is 58.3 Å². The first-order valence-electron chi connectivity index (χ1n) is 33.6. The number of ether oxygens (including phenoxy) is 4. The quantitative estimate of drug-likeness (QED) is 0.0183. The molecule has 128 heavy (non-hydrogen) atoms. The summed E-state index contributed by atoms with van der Waals surface area (Å²) < 4.78 is 238. The SMILES string of the molecule is CC(F)[C@]1(COP(=O)(O)OP(=O)(O)OP(=O)(O)O)O[C@@H](n2ccc(=O)[nH]c2=O)[C@H](Cl)[C@@H]1O.CC(F)[C@]1(COP(=O)(O)OP(=O)(O)OP(=O)(O)O)O[C@@H](n2ccc(N)nc2=O)[C@H](Cl)[C@@H]1O.Nc1ccn([C@@H]2O[C@@](COP(=O)(O)OP(=O)(O)OP(=O)(O)O)(C3CC3)[C@@H](O)[C@H]2Cl)c(=O)n1.O=c1ccn([C@@H]2O[C@@](COP(=O)(O)OP(=O)(O)OP(=O)(O)O)(C3CC3)[C@@H](O)[C@H]2Cl)c(=O)[nH]1. The molecule has 732 valence electrons. The summed E-state index contributed by atoms with van der Waals surface area (Å²) in [6, 6.07) is 4.35. The lowest BCUT2D eigenvalue weighted by molar-refractivity contribution is -0.158. The number of anilines is 2. The Hall–Kier alpha value is -2.94. The molecule has 0 radical (unpaired) electrons. The Labute approximate surface area is 727 Å². The number of aromatic nitrogens is 8. The minimum Gasteiger partial charge on any atom is -0.388 e. The summed E-state index contributed by atoms with van der Waals surface area (Å²) in [6.07, 6.45) is -11.1. The van der Waals surface area contributed by atoms with Gasteiger partial charge < -0.3 is 129 Å². The van der Waals surface area contributed by atoms with Crippen LogP contribution in [-0.2, 0) is 126 Å². The topological polar surface area (TPSA) is 989 Å². The molecule has 26 N–H and O–H groups in total. The van der Waals surface area contributed by atoms with Gasteiger partial charge in [-0.05, 0) is 63.5 Å². The molecule has 4 aromatic rings. The number of phosphoric acid groups is 12. The molecule has 4 aliphatic heterocycles. The normalized spacial score (nSPS) is 31.7. The standard InChI is InChI=1S/C12H19ClN3O13P3.C12H18ClN2O14P3.C11H18ClFN3O13P3.C11H17ClFN2O14P3/c13-8-9(17)12(6-1-2-6,27-10(8)16-4-3-7(14)15-11(16)18)5-26-31(22,23)29-32(24,25)28-30(19,20)21;13-8-9(17)12(6-1-2-6,27-10(8)15-4-3-7(16)14-11(15)18)5-26-31(22,23)29-32(24,25)28-30(19,20)21;1-5(13)11(4-26-31(22,23)29-32(24,25)28-30(19,20)21)8(17)7(12)9(27-11)16-3-2-6(14)15-10(16)18;1-5(13)11(4-26-31(22,23)29-32(24,25)28-30(19,20)21)8(17)7(12)9(27-11)15-3-2-6(16)14-10(15)18/h3-4,6,8-10,17H,1-2,5H2,(H,22,23)(H,24,25)(H2,14,15,18)(H2,19,20,21);3-4,6,8-10,17H,1-2,5H2,(H,22,23)(H,24,25)(H,14,16,18)(H2,19,20,21);2-3,5,7-9,17H,4H2,1H3,(H,22,23)(H,24,25)(H2,14,15,18)(H2,19,20,21);2-3,5,7-9,17H,4H2,1H3,(H,22,23)(H,24,25)(H,14,16,18)(H2,19,20,21)/t2*8-,9+,10-,12+;2*5?,7-,8+,9-,11+/m1111/s1. The Balaban J connectivity index is 0.000000234. The summed E-state index contributed by atoms with van der Waals surface area (Å²) in [6.45, 7) is -2.87. The summed E-state index contributed by atoms with van der Waals surface area (Å²) in [5.74, 6) is -1.13. The largest absolute Gasteiger partial charge is 0.490 e. The second-order valence-corrected chi connectivity index (χ2v) is 46.5. The van der Waals surface area contributed by atoms with E-state index in [4.69, 9.17) is 126 Å². The zero-order valence-electron chi connectivity index (χ0n) is 62.8. The van der Waals surface area contributed by atoms with Crippen molar-refractivity contribution in [3.8, 4) is 0 Å². The maximum absolute atomic E-state index is 14.5. The first-order valence-corrected chi connectivity index (χ1v) is 53.5. The molecule has 64 nitrogen and oxygen atoms in total. The van der Waals surface area contributed by atoms with E-state index in [9.17, 15) is 142 Å². The Bertz CT molecular complexity index is 5390. The summed E-state index contributed by atoms with van der Waals surface area (Å²) >= 11 is 24.6. The highest BCUT2D eigenvalue weighted by molar-refractivity contribution is 7.68. The van der Waals surface area contributed by atoms with E-state index < -0.39 is 272 Å². The minimum atomic E-state index is -5.84. The van der Waals surface area contributed by atoms with Gasteiger partial charge in [0.05, 0.1) is 26.4 Å². The third-order valence-electron chi connectivity index (χ3n) is 17.5. The Morgan fingerprint density at radius 1 is 0.391 bits per heavy atom. The third-order valence-corrected chi connectivity index (χ3v) is 34.5. The number of rotatable bonds is 36. The van der Waals surface area contributed by atoms with Crippen LogP contribution in [0.1, 0.15) is 64.4 Å². The van der Waals surface area contributed by atoms with Crippen LogP contribution >= 0.6 is 140 Å². The van der Waals surface area contributed by atoms with Crippen LogP contribution in [0.25, 0.3) is 0 Å². The first kappa shape index (κ1) is 112. The zero-order valence-corrected chi connectivity index (χ0v) is 76.6. The van der Waals surface area contributed by atoms with Crippen LogP contribution < -0.4 is 45.3 Å². The lowest BCUT2D eigenvalue weighted by Gasteiger charge is -2.33. The molecule has 4 saturated heterocycles. The smallest absolute Gasteiger partial charge is 0.388 e. The predicted octanol–water partition coefficient (Wildman–Crippen LogP) is -1.42. The molecule has 82 heteroatoms. The number of aliphatic hydroxyl groups is 4. The molecule has 0 spiro atoms. The number of aliphatic hydroxyl groups excluding tert-OH is 4. The van der Waals surface area contributed by atoms with Crippen molar-refractivity contribution in [2.24, 2.45) is 11.8 Å². The van der Waals surface area contributed by atoms with Crippen molar-refractivity contribution in [3.63, 3.8) is 0 Å². The molecule has 2 aliphatic carbocycles. The number of aromatic amines is 2. The van der Waals surface area contributed by atoms with Gasteiger partial charge in [0.1, 0.15) is 81.1 Å². The number of nitrogens with zero attached hydrogens (tertiary/aromatic N) is 6. The van der Waals surface area contributed by atoms with E-state index in [0.29, 0.717) is 30.3 Å². The zero-order chi connectivity index (χ0) is 97.6. The lowest BCUT2D eigenvalue weighted by Crippen LogP contribution is -2.52. The summed E-state index contributed by atoms with van der Waals surface area (Å²) in [5, 5.41) is 36.7. The number of nitrogens with two attached hydrogens (primary N) is 2. The highest BCUT2D eigenvalue weighted by Crippen LogP contribution is 2.71. The molecule has 10 rings (SSSR count). The Kier molecular flexibility index (Phi) is 36.2. The van der Waals surface area contributed by atoms with Gasteiger partial charge in [0.15, 0.2) is 36.1 Å². The van der Waals surface area contributed by atoms with Gasteiger partial charge in [-0.15, -0.1) is 46.4 Å². The van der Waals surface area contributed by atoms with Gasteiger partial charge in [0, 0.05) is 36.9 Å². The van der Waals surface area contributed by atoms with Gasteiger partial charge in [-0.2, -0.15) is 44.5 Å². The predicted molar refractivity (Wildman–Crippen MR) is 408 cm³/mol. The van der Waals surface area contributed by atoms with Crippen molar-refractivity contribution in [1.29, 1.82) is 0 Å². The van der Waals surface area contributed by atoms with Crippen LogP contribution in [0.5, 0.6) is 0 Å². The van der Waals surface area contributed by atoms with Gasteiger partial charge in [0.25, 0.3) is 11.1 Å². The van der Waals surface area contributed by atoms with E-state index in [1.54, 1.807) is 0 Å². The molecule has 0 amide bonds. The summed E-state index contributed by atoms with van der Waals surface area (Å²) in [7, 11) is -67.8. The maximum Gasteiger partial charge on any atom is 0.490 e. The fourth-order valence-electron chi connectivity index (χ4n) is 11.8. The highest BCUT2D eigenvalue weighted by atomic mass is 35.5. The van der Waals surface area contributed by atoms with Crippen LogP contribution in [0, 0.1) is 11.8 Å². The van der Waals surface area contributed by atoms with Crippen molar-refractivity contribution in [3.05, 3.63) is 112 Å². The second kappa shape index (κ2) is 41.4. The fraction of sp³-hybridized carbons (Fsp3) is 0.652. The summed E-state index contributed by atoms with van der Waals surface area (Å²) in [4.78, 5) is 225. The van der Waals surface area contributed by atoms with Crippen LogP contribution in [0.15, 0.2) is 77.8 Å². The molecule has 6 aliphatic rings. The number of nitrogen functional groups attached to an aromatic ring is 2. The average molecular weight is 2180 g/mol. The van der Waals surface area contributed by atoms with E-state index in [-0.39, 0.29) is 11.6 Å². The van der Waals surface area contributed by atoms with Crippen molar-refractivity contribution in [1.82, 2.24) is 38.2 Å². The Morgan fingerprint density at radius 2 is 0.625 bits per heavy atom. The molecule has 0 aromatic carbocycles. The van der Waals surface area contributed by atoms with Gasteiger partial charge in [-0.1, -0.05) is 0 Å². The van der Waals surface area contributed by atoms with Gasteiger partial charge >= 0.3 is 117 Å². The van der Waals surface area contributed by atoms with Crippen molar-refractivity contribution >= 4 is 152 Å². The highest BCUT2D eigenvalue weighted by Gasteiger charge is 2.66. The van der Waals surface area contributed by atoms with Crippen molar-refractivity contribution in [2.45, 2.75) is 145 Å². The third kappa shape index (κ3) is 30.0. The fourth-order valence-corrected chi connectivity index (χ4v) is 25.6. The molecule has 26 atom stereocenters. The molecule has 0 bridgehead atoms. The average Bonchev–Trinajstić information content (AvgIpc) is 1.58. The number of H-pyrrole nitrogens is 2. The van der Waals surface area contributed by atoms with Crippen LogP contribution in [0.3, 0.4) is 0 Å². The van der Waals surface area contributed by atoms with Gasteiger partial charge in [0.2, 0.25) is 0 Å². The van der Waals surface area contributed by atoms with E-state index >= 15 is 0 Å². The van der Waals surface area contributed by atoms with E-state index in [1.165, 1.54) is 18.3 Å². The van der Waals surface area contributed by atoms with Crippen molar-refractivity contribution < 1.29 is 234 Å². The van der Waals surface area contributed by atoms with E-state index in [2.05, 4.69) is 62.5 Å². The lowest BCUT2D eigenvalue weighted by atomic mass is 9.92. The number of phosphoric ester groups is 4. The first-order chi connectivity index (χ1) is 57.9. The number of nitrogens with one attached hydrogen (secondary N) is 2. The number of halogens is 6. The van der Waals surface area contributed by atoms with Crippen molar-refractivity contribution in [2.75, 3.05) is 37.9 Å². The molecular formula is C46H72Cl4F2N10O54P12.